The number of fused-ring (bicyclic) bond motifs is 1. The predicted octanol–water partition coefficient (Wildman–Crippen LogP) is 2.74. The van der Waals surface area contributed by atoms with Gasteiger partial charge in [0.05, 0.1) is 0 Å². The maximum atomic E-state index is 4.92. The summed E-state index contributed by atoms with van der Waals surface area (Å²) < 4.78 is 0. The highest BCUT2D eigenvalue weighted by Gasteiger charge is 2.12. The van der Waals surface area contributed by atoms with Crippen molar-refractivity contribution < 1.29 is 0 Å². The van der Waals surface area contributed by atoms with Crippen LogP contribution in [0.3, 0.4) is 0 Å². The van der Waals surface area contributed by atoms with Crippen LogP contribution in [0.2, 0.25) is 0 Å². The second-order valence-electron chi connectivity index (χ2n) is 4.41. The molecule has 0 saturated heterocycles. The fourth-order valence-electron chi connectivity index (χ4n) is 2.30. The average molecular weight is 254 g/mol. The Hall–Kier alpha value is -1.87. The van der Waals surface area contributed by atoms with Crippen molar-refractivity contribution in [3.63, 3.8) is 0 Å². The quantitative estimate of drug-likeness (QED) is 0.824. The maximum Gasteiger partial charge on any atom is 0.126 e. The zero-order chi connectivity index (χ0) is 12.4. The first-order chi connectivity index (χ1) is 8.86. The standard InChI is InChI=1S/C15H14N2S/c18-10-15-16-9-13(17-15)8-12-6-3-5-11-4-1-2-7-14(11)12/h1-7,9-10,15-17H,8H2. The van der Waals surface area contributed by atoms with Crippen molar-refractivity contribution in [2.45, 2.75) is 12.6 Å². The molecule has 2 aromatic rings. The zero-order valence-electron chi connectivity index (χ0n) is 9.89. The van der Waals surface area contributed by atoms with Gasteiger partial charge in [-0.1, -0.05) is 54.7 Å². The second kappa shape index (κ2) is 4.78. The van der Waals surface area contributed by atoms with E-state index >= 15 is 0 Å². The van der Waals surface area contributed by atoms with Gasteiger partial charge >= 0.3 is 0 Å². The molecule has 2 N–H and O–H groups in total. The van der Waals surface area contributed by atoms with Crippen LogP contribution in [0.25, 0.3) is 10.8 Å². The van der Waals surface area contributed by atoms with Gasteiger partial charge in [-0.15, -0.1) is 0 Å². The summed E-state index contributed by atoms with van der Waals surface area (Å²) >= 11 is 4.92. The lowest BCUT2D eigenvalue weighted by atomic mass is 10.0. The fourth-order valence-corrected chi connectivity index (χ4v) is 2.45. The lowest BCUT2D eigenvalue weighted by Crippen LogP contribution is -2.32. The van der Waals surface area contributed by atoms with Crippen LogP contribution in [0.15, 0.2) is 54.4 Å². The van der Waals surface area contributed by atoms with Crippen LogP contribution in [0.4, 0.5) is 0 Å². The summed E-state index contributed by atoms with van der Waals surface area (Å²) in [5.74, 6) is 0. The van der Waals surface area contributed by atoms with Crippen LogP contribution >= 0.6 is 12.2 Å². The van der Waals surface area contributed by atoms with E-state index in [0.717, 1.165) is 6.42 Å². The Balaban J connectivity index is 1.89. The van der Waals surface area contributed by atoms with Gasteiger partial charge in [0.2, 0.25) is 0 Å². The molecule has 2 aromatic carbocycles. The number of thiocarbonyl (C=S) groups is 1. The molecule has 0 fully saturated rings. The highest BCUT2D eigenvalue weighted by atomic mass is 32.1. The summed E-state index contributed by atoms with van der Waals surface area (Å²) in [5.41, 5.74) is 2.51. The minimum Gasteiger partial charge on any atom is -0.366 e. The van der Waals surface area contributed by atoms with E-state index in [-0.39, 0.29) is 6.17 Å². The number of hydrogen-bond donors (Lipinski definition) is 2. The molecule has 0 bridgehead atoms. The Bertz CT molecular complexity index is 613. The first kappa shape index (κ1) is 11.2. The topological polar surface area (TPSA) is 24.1 Å². The molecule has 0 saturated carbocycles. The van der Waals surface area contributed by atoms with Crippen LogP contribution in [0, 0.1) is 0 Å². The predicted molar refractivity (Wildman–Crippen MR) is 79.4 cm³/mol. The van der Waals surface area contributed by atoms with E-state index < -0.39 is 0 Å². The first-order valence-corrected chi connectivity index (χ1v) is 6.47. The third-order valence-electron chi connectivity index (χ3n) is 3.17. The molecule has 1 atom stereocenters. The molecule has 0 radical (unpaired) electrons. The van der Waals surface area contributed by atoms with Gasteiger partial charge in [-0.05, 0) is 16.3 Å². The van der Waals surface area contributed by atoms with Gasteiger partial charge in [-0.3, -0.25) is 0 Å². The van der Waals surface area contributed by atoms with Gasteiger partial charge < -0.3 is 10.6 Å². The number of allylic oxidation sites excluding steroid dienone is 1. The van der Waals surface area contributed by atoms with Crippen LogP contribution in [-0.4, -0.2) is 11.5 Å². The van der Waals surface area contributed by atoms with Gasteiger partial charge in [0, 0.05) is 23.7 Å². The monoisotopic (exact) mass is 254 g/mol. The molecule has 0 aliphatic carbocycles. The number of nitrogens with one attached hydrogen (secondary N) is 2. The first-order valence-electron chi connectivity index (χ1n) is 6.00. The Morgan fingerprint density at radius 3 is 2.78 bits per heavy atom. The van der Waals surface area contributed by atoms with Gasteiger partial charge in [0.25, 0.3) is 0 Å². The fraction of sp³-hybridized carbons (Fsp3) is 0.133. The van der Waals surface area contributed by atoms with E-state index in [1.165, 1.54) is 22.0 Å². The Morgan fingerprint density at radius 1 is 1.11 bits per heavy atom. The highest BCUT2D eigenvalue weighted by molar-refractivity contribution is 7.79. The summed E-state index contributed by atoms with van der Waals surface area (Å²) in [5, 5.41) is 10.8. The lowest BCUT2D eigenvalue weighted by molar-refractivity contribution is 0.716. The van der Waals surface area contributed by atoms with Crippen molar-refractivity contribution in [2.24, 2.45) is 0 Å². The third kappa shape index (κ3) is 2.09. The van der Waals surface area contributed by atoms with E-state index in [0.29, 0.717) is 0 Å². The van der Waals surface area contributed by atoms with Gasteiger partial charge in [0.1, 0.15) is 6.17 Å². The van der Waals surface area contributed by atoms with Crippen LogP contribution in [0.1, 0.15) is 5.56 Å². The molecular weight excluding hydrogens is 240 g/mol. The Kier molecular flexibility index (Phi) is 2.99. The molecule has 1 unspecified atom stereocenters. The zero-order valence-corrected chi connectivity index (χ0v) is 10.7. The molecule has 0 amide bonds. The molecule has 0 spiro atoms. The van der Waals surface area contributed by atoms with E-state index in [2.05, 4.69) is 53.1 Å². The molecule has 3 heteroatoms. The summed E-state index contributed by atoms with van der Waals surface area (Å²) in [6.07, 6.45) is 2.99. The molecule has 18 heavy (non-hydrogen) atoms. The SMILES string of the molecule is S=CC1NC=C(Cc2cccc3ccccc23)N1. The Labute approximate surface area is 112 Å². The van der Waals surface area contributed by atoms with Crippen molar-refractivity contribution in [1.29, 1.82) is 0 Å². The van der Waals surface area contributed by atoms with Crippen molar-refractivity contribution in [2.75, 3.05) is 0 Å². The largest absolute Gasteiger partial charge is 0.366 e. The van der Waals surface area contributed by atoms with Gasteiger partial charge in [-0.25, -0.2) is 0 Å². The van der Waals surface area contributed by atoms with Gasteiger partial charge in [-0.2, -0.15) is 0 Å². The lowest BCUT2D eigenvalue weighted by Gasteiger charge is -2.10. The minimum absolute atomic E-state index is 0.0879. The number of rotatable bonds is 3. The second-order valence-corrected chi connectivity index (χ2v) is 4.68. The van der Waals surface area contributed by atoms with Gasteiger partial charge in [0.15, 0.2) is 0 Å². The van der Waals surface area contributed by atoms with E-state index in [1.54, 1.807) is 5.37 Å². The molecule has 1 aliphatic heterocycles. The van der Waals surface area contributed by atoms with Crippen LogP contribution in [0.5, 0.6) is 0 Å². The third-order valence-corrected chi connectivity index (χ3v) is 3.45. The number of hydrogen-bond acceptors (Lipinski definition) is 3. The normalized spacial score (nSPS) is 18.0. The smallest absolute Gasteiger partial charge is 0.126 e. The van der Waals surface area contributed by atoms with E-state index in [4.69, 9.17) is 12.2 Å². The van der Waals surface area contributed by atoms with Crippen LogP contribution in [-0.2, 0) is 6.42 Å². The van der Waals surface area contributed by atoms with Crippen LogP contribution < -0.4 is 10.6 Å². The van der Waals surface area contributed by atoms with E-state index in [1.807, 2.05) is 6.20 Å². The Morgan fingerprint density at radius 2 is 1.94 bits per heavy atom. The molecule has 1 aliphatic rings. The molecule has 2 nitrogen and oxygen atoms in total. The van der Waals surface area contributed by atoms with Crippen molar-refractivity contribution in [1.82, 2.24) is 10.6 Å². The molecular formula is C15H14N2S. The summed E-state index contributed by atoms with van der Waals surface area (Å²) in [7, 11) is 0. The van der Waals surface area contributed by atoms with Crippen molar-refractivity contribution in [3.05, 3.63) is 59.9 Å². The van der Waals surface area contributed by atoms with E-state index in [9.17, 15) is 0 Å². The highest BCUT2D eigenvalue weighted by Crippen LogP contribution is 2.21. The summed E-state index contributed by atoms with van der Waals surface area (Å²) in [4.78, 5) is 0. The molecule has 90 valence electrons. The molecule has 3 rings (SSSR count). The molecule has 0 aromatic heterocycles. The summed E-state index contributed by atoms with van der Waals surface area (Å²) in [6, 6.07) is 14.9. The maximum absolute atomic E-state index is 4.92. The molecule has 1 heterocycles. The number of benzene rings is 2. The van der Waals surface area contributed by atoms with Crippen molar-refractivity contribution in [3.8, 4) is 0 Å². The average Bonchev–Trinajstić information content (AvgIpc) is 2.87. The summed E-state index contributed by atoms with van der Waals surface area (Å²) in [6.45, 7) is 0. The minimum atomic E-state index is 0.0879. The van der Waals surface area contributed by atoms with Crippen molar-refractivity contribution >= 4 is 28.4 Å².